The van der Waals surface area contributed by atoms with Crippen LogP contribution in [0.2, 0.25) is 0 Å². The largest absolute Gasteiger partial charge is 0.378 e. The summed E-state index contributed by atoms with van der Waals surface area (Å²) in [4.78, 5) is 11.3. The van der Waals surface area contributed by atoms with E-state index in [2.05, 4.69) is 73.8 Å². The molecule has 158 valence electrons. The van der Waals surface area contributed by atoms with Crippen molar-refractivity contribution in [1.29, 1.82) is 0 Å². The van der Waals surface area contributed by atoms with E-state index < -0.39 is 0 Å². The molecule has 2 aromatic heterocycles. The molecule has 2 heterocycles. The van der Waals surface area contributed by atoms with Crippen molar-refractivity contribution in [2.24, 2.45) is 7.05 Å². The van der Waals surface area contributed by atoms with Gasteiger partial charge < -0.3 is 10.2 Å². The first-order chi connectivity index (χ1) is 15.0. The lowest BCUT2D eigenvalue weighted by atomic mass is 10.0. The minimum absolute atomic E-state index is 0.758. The molecule has 0 saturated carbocycles. The molecular weight excluding hydrogens is 384 g/mol. The van der Waals surface area contributed by atoms with Crippen LogP contribution in [-0.4, -0.2) is 40.4 Å². The third-order valence-corrected chi connectivity index (χ3v) is 5.18. The maximum atomic E-state index is 4.64. The zero-order valence-electron chi connectivity index (χ0n) is 18.5. The maximum absolute atomic E-state index is 4.64. The lowest BCUT2D eigenvalue weighted by Gasteiger charge is -2.14. The van der Waals surface area contributed by atoms with Gasteiger partial charge in [0.1, 0.15) is 11.6 Å². The molecule has 0 aliphatic carbocycles. The zero-order chi connectivity index (χ0) is 21.8. The summed E-state index contributed by atoms with van der Waals surface area (Å²) < 4.78 is 1.83. The van der Waals surface area contributed by atoms with Crippen LogP contribution in [0.4, 0.5) is 11.5 Å². The average Bonchev–Trinajstić information content (AvgIpc) is 3.20. The highest BCUT2D eigenvalue weighted by Gasteiger charge is 2.07. The molecule has 4 aromatic rings. The second kappa shape index (κ2) is 9.00. The summed E-state index contributed by atoms with van der Waals surface area (Å²) in [6, 6.07) is 19.0. The van der Waals surface area contributed by atoms with Crippen molar-refractivity contribution in [3.63, 3.8) is 0 Å². The Kier molecular flexibility index (Phi) is 5.98. The second-order valence-corrected chi connectivity index (χ2v) is 7.91. The highest BCUT2D eigenvalue weighted by atomic mass is 15.2. The lowest BCUT2D eigenvalue weighted by Crippen LogP contribution is -2.09. The van der Waals surface area contributed by atoms with Crippen molar-refractivity contribution in [2.45, 2.75) is 13.3 Å². The first-order valence-electron chi connectivity index (χ1n) is 10.4. The molecular formula is C25H28N6. The molecule has 4 rings (SSSR count). The fourth-order valence-electron chi connectivity index (χ4n) is 3.56. The number of nitrogens with zero attached hydrogens (tertiary/aromatic N) is 5. The van der Waals surface area contributed by atoms with Crippen LogP contribution in [0, 0.1) is 6.92 Å². The number of hydrogen-bond acceptors (Lipinski definition) is 5. The van der Waals surface area contributed by atoms with Crippen molar-refractivity contribution in [3.8, 4) is 22.4 Å². The molecule has 0 atom stereocenters. The first kappa shape index (κ1) is 20.6. The van der Waals surface area contributed by atoms with Gasteiger partial charge in [0.05, 0.1) is 11.9 Å². The molecule has 0 aliphatic rings. The van der Waals surface area contributed by atoms with Gasteiger partial charge in [-0.3, -0.25) is 4.68 Å². The molecule has 0 spiro atoms. The van der Waals surface area contributed by atoms with Gasteiger partial charge in [-0.15, -0.1) is 0 Å². The van der Waals surface area contributed by atoms with Crippen molar-refractivity contribution in [2.75, 3.05) is 30.9 Å². The van der Waals surface area contributed by atoms with E-state index in [4.69, 9.17) is 0 Å². The lowest BCUT2D eigenvalue weighted by molar-refractivity contribution is 0.768. The molecule has 2 aromatic carbocycles. The second-order valence-electron chi connectivity index (χ2n) is 7.91. The van der Waals surface area contributed by atoms with Crippen molar-refractivity contribution >= 4 is 11.5 Å². The van der Waals surface area contributed by atoms with Crippen LogP contribution in [0.3, 0.4) is 0 Å². The maximum Gasteiger partial charge on any atom is 0.130 e. The Morgan fingerprint density at radius 1 is 0.935 bits per heavy atom. The van der Waals surface area contributed by atoms with Crippen LogP contribution < -0.4 is 10.2 Å². The number of benzene rings is 2. The monoisotopic (exact) mass is 412 g/mol. The van der Waals surface area contributed by atoms with Gasteiger partial charge in [0.15, 0.2) is 0 Å². The van der Waals surface area contributed by atoms with Crippen LogP contribution in [0.15, 0.2) is 67.0 Å². The minimum Gasteiger partial charge on any atom is -0.378 e. The van der Waals surface area contributed by atoms with Gasteiger partial charge in [-0.1, -0.05) is 36.4 Å². The number of aryl methyl sites for hydroxylation is 2. The van der Waals surface area contributed by atoms with Crippen molar-refractivity contribution in [1.82, 2.24) is 19.7 Å². The van der Waals surface area contributed by atoms with Gasteiger partial charge in [0, 0.05) is 56.8 Å². The molecule has 0 bridgehead atoms. The Bertz CT molecular complexity index is 1180. The molecule has 0 saturated heterocycles. The van der Waals surface area contributed by atoms with Crippen LogP contribution in [-0.2, 0) is 13.5 Å². The molecule has 0 fully saturated rings. The number of anilines is 2. The Labute approximate surface area is 183 Å². The van der Waals surface area contributed by atoms with Crippen LogP contribution >= 0.6 is 0 Å². The zero-order valence-corrected chi connectivity index (χ0v) is 18.5. The number of rotatable bonds is 7. The molecule has 31 heavy (non-hydrogen) atoms. The summed E-state index contributed by atoms with van der Waals surface area (Å²) in [6.45, 7) is 2.73. The van der Waals surface area contributed by atoms with Gasteiger partial charge >= 0.3 is 0 Å². The van der Waals surface area contributed by atoms with Gasteiger partial charge in [-0.2, -0.15) is 5.10 Å². The summed E-state index contributed by atoms with van der Waals surface area (Å²) in [6.07, 6.45) is 4.84. The summed E-state index contributed by atoms with van der Waals surface area (Å²) in [5, 5.41) is 7.74. The predicted octanol–water partition coefficient (Wildman–Crippen LogP) is 4.57. The van der Waals surface area contributed by atoms with Crippen molar-refractivity contribution in [3.05, 3.63) is 78.4 Å². The third kappa shape index (κ3) is 5.09. The standard InChI is InChI=1S/C25H28N6/c1-18-28-24(21-9-6-10-23(14-21)30(2)3)15-25(29-18)26-12-11-19-7-5-8-20(13-19)22-16-27-31(4)17-22/h5-10,13-17H,11-12H2,1-4H3,(H,26,28,29). The molecule has 0 unspecified atom stereocenters. The number of aromatic nitrogens is 4. The average molecular weight is 413 g/mol. The molecule has 1 N–H and O–H groups in total. The Morgan fingerprint density at radius 2 is 1.74 bits per heavy atom. The molecule has 0 radical (unpaired) electrons. The fourth-order valence-corrected chi connectivity index (χ4v) is 3.56. The van der Waals surface area contributed by atoms with E-state index in [1.807, 2.05) is 51.2 Å². The molecule has 6 heteroatoms. The van der Waals surface area contributed by atoms with E-state index in [1.54, 1.807) is 0 Å². The Balaban J connectivity index is 1.45. The van der Waals surface area contributed by atoms with E-state index in [9.17, 15) is 0 Å². The van der Waals surface area contributed by atoms with Gasteiger partial charge in [-0.25, -0.2) is 9.97 Å². The topological polar surface area (TPSA) is 58.9 Å². The Hall–Kier alpha value is -3.67. The number of nitrogens with one attached hydrogen (secondary N) is 1. The summed E-state index contributed by atoms with van der Waals surface area (Å²) in [5.74, 6) is 1.61. The van der Waals surface area contributed by atoms with E-state index in [0.717, 1.165) is 47.1 Å². The normalized spacial score (nSPS) is 10.8. The van der Waals surface area contributed by atoms with E-state index in [0.29, 0.717) is 0 Å². The summed E-state index contributed by atoms with van der Waals surface area (Å²) in [7, 11) is 6.02. The minimum atomic E-state index is 0.758. The van der Waals surface area contributed by atoms with Crippen LogP contribution in [0.5, 0.6) is 0 Å². The number of hydrogen-bond donors (Lipinski definition) is 1. The molecule has 0 amide bonds. The van der Waals surface area contributed by atoms with Crippen LogP contribution in [0.25, 0.3) is 22.4 Å². The predicted molar refractivity (Wildman–Crippen MR) is 127 cm³/mol. The molecule has 6 nitrogen and oxygen atoms in total. The van der Waals surface area contributed by atoms with Gasteiger partial charge in [0.2, 0.25) is 0 Å². The van der Waals surface area contributed by atoms with Crippen LogP contribution in [0.1, 0.15) is 11.4 Å². The first-order valence-corrected chi connectivity index (χ1v) is 10.4. The smallest absolute Gasteiger partial charge is 0.130 e. The van der Waals surface area contributed by atoms with E-state index in [1.165, 1.54) is 11.1 Å². The SMILES string of the molecule is Cc1nc(NCCc2cccc(-c3cnn(C)c3)c2)cc(-c2cccc(N(C)C)c2)n1. The highest BCUT2D eigenvalue weighted by Crippen LogP contribution is 2.24. The van der Waals surface area contributed by atoms with Crippen molar-refractivity contribution < 1.29 is 0 Å². The molecule has 0 aliphatic heterocycles. The highest BCUT2D eigenvalue weighted by molar-refractivity contribution is 5.67. The summed E-state index contributed by atoms with van der Waals surface area (Å²) in [5.41, 5.74) is 6.76. The fraction of sp³-hybridized carbons (Fsp3) is 0.240. The van der Waals surface area contributed by atoms with E-state index >= 15 is 0 Å². The summed E-state index contributed by atoms with van der Waals surface area (Å²) >= 11 is 0. The van der Waals surface area contributed by atoms with Gasteiger partial charge in [0.25, 0.3) is 0 Å². The quantitative estimate of drug-likeness (QED) is 0.482. The van der Waals surface area contributed by atoms with E-state index in [-0.39, 0.29) is 0 Å². The third-order valence-electron chi connectivity index (χ3n) is 5.18. The van der Waals surface area contributed by atoms with Gasteiger partial charge in [-0.05, 0) is 36.6 Å². The Morgan fingerprint density at radius 3 is 2.52 bits per heavy atom.